The molecule has 0 unspecified atom stereocenters. The molecule has 0 atom stereocenters. The maximum Gasteiger partial charge on any atom is 0.303 e. The van der Waals surface area contributed by atoms with Gasteiger partial charge in [0.25, 0.3) is 0 Å². The number of ether oxygens (including phenoxy) is 1. The van der Waals surface area contributed by atoms with Crippen LogP contribution in [0.4, 0.5) is 0 Å². The van der Waals surface area contributed by atoms with Crippen LogP contribution in [0.15, 0.2) is 0 Å². The van der Waals surface area contributed by atoms with Gasteiger partial charge in [0.05, 0.1) is 6.10 Å². The lowest BCUT2D eigenvalue weighted by atomic mass is 9.81. The van der Waals surface area contributed by atoms with Gasteiger partial charge in [-0.1, -0.05) is 0 Å². The molecule has 0 amide bonds. The normalized spacial score (nSPS) is 23.5. The Hall–Kier alpha value is -0.610. The lowest BCUT2D eigenvalue weighted by molar-refractivity contribution is -0.137. The Morgan fingerprint density at radius 3 is 2.29 bits per heavy atom. The summed E-state index contributed by atoms with van der Waals surface area (Å²) in [5.74, 6) is -0.750. The van der Waals surface area contributed by atoms with E-state index in [0.29, 0.717) is 13.0 Å². The summed E-state index contributed by atoms with van der Waals surface area (Å²) in [5, 5.41) is 12.1. The van der Waals surface area contributed by atoms with Crippen molar-refractivity contribution in [2.24, 2.45) is 0 Å². The predicted octanol–water partition coefficient (Wildman–Crippen LogP) is 2.18. The fourth-order valence-corrected chi connectivity index (χ4v) is 2.82. The molecule has 0 aromatic carbocycles. The van der Waals surface area contributed by atoms with Crippen LogP contribution in [0.25, 0.3) is 0 Å². The lowest BCUT2D eigenvalue weighted by Gasteiger charge is -2.46. The Morgan fingerprint density at radius 2 is 1.82 bits per heavy atom. The molecule has 100 valence electrons. The average molecular weight is 243 g/mol. The number of carboxylic acids is 1. The molecular weight excluding hydrogens is 218 g/mol. The fourth-order valence-electron chi connectivity index (χ4n) is 2.82. The molecule has 1 fully saturated rings. The minimum atomic E-state index is -0.750. The molecule has 1 aliphatic rings. The van der Waals surface area contributed by atoms with Gasteiger partial charge in [0.1, 0.15) is 0 Å². The second kappa shape index (κ2) is 5.36. The number of carbonyl (C=O) groups is 1. The number of hydrogen-bond acceptors (Lipinski definition) is 3. The van der Waals surface area contributed by atoms with Crippen molar-refractivity contribution in [3.05, 3.63) is 0 Å². The van der Waals surface area contributed by atoms with Gasteiger partial charge in [0, 0.05) is 24.1 Å². The number of rotatable bonds is 5. The van der Waals surface area contributed by atoms with Gasteiger partial charge in [0.2, 0.25) is 0 Å². The topological polar surface area (TPSA) is 58.6 Å². The number of carboxylic acid groups (broad SMARTS) is 1. The van der Waals surface area contributed by atoms with Gasteiger partial charge in [-0.05, 0) is 47.0 Å². The summed E-state index contributed by atoms with van der Waals surface area (Å²) in [4.78, 5) is 10.4. The van der Waals surface area contributed by atoms with Crippen molar-refractivity contribution < 1.29 is 14.6 Å². The number of hydrogen-bond donors (Lipinski definition) is 2. The molecule has 0 saturated carbocycles. The first-order valence-electron chi connectivity index (χ1n) is 6.33. The van der Waals surface area contributed by atoms with Crippen LogP contribution < -0.4 is 5.32 Å². The largest absolute Gasteiger partial charge is 0.481 e. The van der Waals surface area contributed by atoms with Crippen molar-refractivity contribution in [1.29, 1.82) is 0 Å². The standard InChI is InChI=1S/C13H25NO3/c1-12(2)8-10(9-13(3,4)14-12)17-7-5-6-11(15)16/h10,14H,5-9H2,1-4H3,(H,15,16). The highest BCUT2D eigenvalue weighted by molar-refractivity contribution is 5.66. The number of piperidine rings is 1. The van der Waals surface area contributed by atoms with Crippen LogP contribution in [0.2, 0.25) is 0 Å². The van der Waals surface area contributed by atoms with E-state index in [0.717, 1.165) is 12.8 Å². The molecule has 0 spiro atoms. The minimum Gasteiger partial charge on any atom is -0.481 e. The zero-order valence-corrected chi connectivity index (χ0v) is 11.4. The molecule has 4 nitrogen and oxygen atoms in total. The van der Waals surface area contributed by atoms with Gasteiger partial charge in [-0.15, -0.1) is 0 Å². The Morgan fingerprint density at radius 1 is 1.29 bits per heavy atom. The van der Waals surface area contributed by atoms with E-state index in [1.807, 2.05) is 0 Å². The molecule has 1 rings (SSSR count). The highest BCUT2D eigenvalue weighted by Crippen LogP contribution is 2.30. The van der Waals surface area contributed by atoms with Gasteiger partial charge < -0.3 is 15.2 Å². The van der Waals surface area contributed by atoms with Crippen LogP contribution in [0, 0.1) is 0 Å². The maximum absolute atomic E-state index is 10.4. The van der Waals surface area contributed by atoms with Crippen molar-refractivity contribution in [1.82, 2.24) is 5.32 Å². The maximum atomic E-state index is 10.4. The quantitative estimate of drug-likeness (QED) is 0.727. The minimum absolute atomic E-state index is 0.0826. The molecule has 0 aromatic rings. The van der Waals surface area contributed by atoms with E-state index < -0.39 is 5.97 Å². The third-order valence-electron chi connectivity index (χ3n) is 3.04. The van der Waals surface area contributed by atoms with Crippen molar-refractivity contribution in [2.75, 3.05) is 6.61 Å². The molecule has 0 aromatic heterocycles. The lowest BCUT2D eigenvalue weighted by Crippen LogP contribution is -2.59. The first kappa shape index (κ1) is 14.5. The summed E-state index contributed by atoms with van der Waals surface area (Å²) in [6.07, 6.45) is 2.97. The number of aliphatic carboxylic acids is 1. The van der Waals surface area contributed by atoms with Crippen molar-refractivity contribution in [2.45, 2.75) is 70.6 Å². The van der Waals surface area contributed by atoms with Gasteiger partial charge >= 0.3 is 5.97 Å². The SMILES string of the molecule is CC1(C)CC(OCCCC(=O)O)CC(C)(C)N1. The van der Waals surface area contributed by atoms with Gasteiger partial charge in [-0.2, -0.15) is 0 Å². The van der Waals surface area contributed by atoms with Crippen LogP contribution in [-0.4, -0.2) is 34.9 Å². The van der Waals surface area contributed by atoms with Crippen LogP contribution in [0.3, 0.4) is 0 Å². The molecule has 17 heavy (non-hydrogen) atoms. The first-order valence-corrected chi connectivity index (χ1v) is 6.33. The smallest absolute Gasteiger partial charge is 0.303 e. The first-order chi connectivity index (χ1) is 7.70. The summed E-state index contributed by atoms with van der Waals surface area (Å²) in [7, 11) is 0. The summed E-state index contributed by atoms with van der Waals surface area (Å²) in [6.45, 7) is 9.27. The number of nitrogens with one attached hydrogen (secondary N) is 1. The molecule has 1 heterocycles. The second-order valence-corrected chi connectivity index (χ2v) is 6.29. The van der Waals surface area contributed by atoms with E-state index in [2.05, 4.69) is 33.0 Å². The summed E-state index contributed by atoms with van der Waals surface area (Å²) < 4.78 is 5.80. The highest BCUT2D eigenvalue weighted by atomic mass is 16.5. The second-order valence-electron chi connectivity index (χ2n) is 6.29. The third-order valence-corrected chi connectivity index (χ3v) is 3.04. The van der Waals surface area contributed by atoms with Crippen LogP contribution in [0.5, 0.6) is 0 Å². The van der Waals surface area contributed by atoms with E-state index in [1.165, 1.54) is 0 Å². The summed E-state index contributed by atoms with van der Waals surface area (Å²) in [5.41, 5.74) is 0.165. The predicted molar refractivity (Wildman–Crippen MR) is 67.1 cm³/mol. The Balaban J connectivity index is 2.35. The molecule has 4 heteroatoms. The Bertz CT molecular complexity index is 258. The molecule has 1 saturated heterocycles. The van der Waals surface area contributed by atoms with E-state index in [1.54, 1.807) is 0 Å². The van der Waals surface area contributed by atoms with Crippen molar-refractivity contribution >= 4 is 5.97 Å². The molecular formula is C13H25NO3. The van der Waals surface area contributed by atoms with Crippen molar-refractivity contribution in [3.63, 3.8) is 0 Å². The van der Waals surface area contributed by atoms with E-state index >= 15 is 0 Å². The Labute approximate surface area is 104 Å². The van der Waals surface area contributed by atoms with E-state index in [9.17, 15) is 4.79 Å². The molecule has 2 N–H and O–H groups in total. The Kier molecular flexibility index (Phi) is 4.55. The highest BCUT2D eigenvalue weighted by Gasteiger charge is 2.37. The van der Waals surface area contributed by atoms with Crippen molar-refractivity contribution in [3.8, 4) is 0 Å². The summed E-state index contributed by atoms with van der Waals surface area (Å²) >= 11 is 0. The molecule has 0 radical (unpaired) electrons. The molecule has 1 aliphatic heterocycles. The zero-order chi connectivity index (χ0) is 13.1. The van der Waals surface area contributed by atoms with Crippen LogP contribution in [-0.2, 0) is 9.53 Å². The van der Waals surface area contributed by atoms with E-state index in [4.69, 9.17) is 9.84 Å². The third kappa shape index (κ3) is 5.50. The summed E-state index contributed by atoms with van der Waals surface area (Å²) in [6, 6.07) is 0. The monoisotopic (exact) mass is 243 g/mol. The average Bonchev–Trinajstić information content (AvgIpc) is 2.06. The van der Waals surface area contributed by atoms with Crippen LogP contribution >= 0.6 is 0 Å². The van der Waals surface area contributed by atoms with Gasteiger partial charge in [-0.3, -0.25) is 4.79 Å². The zero-order valence-electron chi connectivity index (χ0n) is 11.4. The van der Waals surface area contributed by atoms with Crippen LogP contribution in [0.1, 0.15) is 53.4 Å². The molecule has 0 aliphatic carbocycles. The van der Waals surface area contributed by atoms with Gasteiger partial charge in [-0.25, -0.2) is 0 Å². The van der Waals surface area contributed by atoms with Gasteiger partial charge in [0.15, 0.2) is 0 Å². The van der Waals surface area contributed by atoms with E-state index in [-0.39, 0.29) is 23.6 Å². The molecule has 0 bridgehead atoms. The fraction of sp³-hybridized carbons (Fsp3) is 0.923.